The van der Waals surface area contributed by atoms with Crippen molar-refractivity contribution in [3.8, 4) is 0 Å². The molecular weight excluding hydrogens is 234 g/mol. The van der Waals surface area contributed by atoms with Gasteiger partial charge >= 0.3 is 0 Å². The highest BCUT2D eigenvalue weighted by Crippen LogP contribution is 2.23. The second-order valence-corrected chi connectivity index (χ2v) is 5.70. The molecule has 0 aliphatic heterocycles. The average Bonchev–Trinajstić information content (AvgIpc) is 2.76. The van der Waals surface area contributed by atoms with E-state index < -0.39 is 0 Å². The summed E-state index contributed by atoms with van der Waals surface area (Å²) in [5, 5.41) is 4.35. The molecule has 1 aromatic carbocycles. The molecule has 0 atom stereocenters. The van der Waals surface area contributed by atoms with E-state index in [1.165, 1.54) is 16.0 Å². The Kier molecular flexibility index (Phi) is 3.91. The third-order valence-electron chi connectivity index (χ3n) is 2.48. The standard InChI is InChI=1S/C13H15NS2/c1-10-8-12(2-3-13(10)14)16-7-5-11-4-6-15-9-11/h2-4,6,8-9H,5,7,14H2,1H3. The van der Waals surface area contributed by atoms with E-state index in [0.29, 0.717) is 0 Å². The largest absolute Gasteiger partial charge is 0.399 e. The monoisotopic (exact) mass is 249 g/mol. The fraction of sp³-hybridized carbons (Fsp3) is 0.231. The van der Waals surface area contributed by atoms with Gasteiger partial charge in [-0.2, -0.15) is 11.3 Å². The summed E-state index contributed by atoms with van der Waals surface area (Å²) in [7, 11) is 0. The first-order valence-corrected chi connectivity index (χ1v) is 7.18. The summed E-state index contributed by atoms with van der Waals surface area (Å²) < 4.78 is 0. The molecule has 0 fully saturated rings. The van der Waals surface area contributed by atoms with Crippen LogP contribution in [0.3, 0.4) is 0 Å². The van der Waals surface area contributed by atoms with Gasteiger partial charge in [0, 0.05) is 16.3 Å². The van der Waals surface area contributed by atoms with Gasteiger partial charge in [0.2, 0.25) is 0 Å². The van der Waals surface area contributed by atoms with Crippen molar-refractivity contribution in [3.63, 3.8) is 0 Å². The first-order valence-electron chi connectivity index (χ1n) is 5.26. The predicted molar refractivity (Wildman–Crippen MR) is 74.3 cm³/mol. The van der Waals surface area contributed by atoms with Crippen LogP contribution in [0.15, 0.2) is 39.9 Å². The molecule has 1 nitrogen and oxygen atoms in total. The highest BCUT2D eigenvalue weighted by atomic mass is 32.2. The SMILES string of the molecule is Cc1cc(SCCc2ccsc2)ccc1N. The summed E-state index contributed by atoms with van der Waals surface area (Å²) in [5.74, 6) is 1.13. The van der Waals surface area contributed by atoms with Crippen molar-refractivity contribution in [3.05, 3.63) is 46.2 Å². The maximum absolute atomic E-state index is 5.79. The number of benzene rings is 1. The van der Waals surface area contributed by atoms with E-state index in [-0.39, 0.29) is 0 Å². The van der Waals surface area contributed by atoms with Crippen LogP contribution in [0.1, 0.15) is 11.1 Å². The van der Waals surface area contributed by atoms with Crippen LogP contribution >= 0.6 is 23.1 Å². The Balaban J connectivity index is 1.87. The average molecular weight is 249 g/mol. The second-order valence-electron chi connectivity index (χ2n) is 3.75. The van der Waals surface area contributed by atoms with Gasteiger partial charge in [-0.25, -0.2) is 0 Å². The maximum atomic E-state index is 5.79. The summed E-state index contributed by atoms with van der Waals surface area (Å²) in [4.78, 5) is 1.31. The quantitative estimate of drug-likeness (QED) is 0.655. The Hall–Kier alpha value is -0.930. The minimum absolute atomic E-state index is 0.877. The van der Waals surface area contributed by atoms with Crippen LogP contribution in [0.2, 0.25) is 0 Å². The van der Waals surface area contributed by atoms with Crippen molar-refractivity contribution >= 4 is 28.8 Å². The molecular formula is C13H15NS2. The van der Waals surface area contributed by atoms with Gasteiger partial charge in [-0.3, -0.25) is 0 Å². The fourth-order valence-corrected chi connectivity index (χ4v) is 3.16. The molecule has 0 bridgehead atoms. The number of nitrogen functional groups attached to an aromatic ring is 1. The minimum atomic E-state index is 0.877. The van der Waals surface area contributed by atoms with E-state index in [4.69, 9.17) is 5.73 Å². The Morgan fingerprint density at radius 2 is 2.19 bits per heavy atom. The number of thiophene rings is 1. The Labute approximate surface area is 105 Å². The van der Waals surface area contributed by atoms with Gasteiger partial charge in [0.1, 0.15) is 0 Å². The van der Waals surface area contributed by atoms with E-state index in [1.54, 1.807) is 11.3 Å². The van der Waals surface area contributed by atoms with Gasteiger partial charge in [0.25, 0.3) is 0 Å². The van der Waals surface area contributed by atoms with Crippen LogP contribution in [-0.4, -0.2) is 5.75 Å². The van der Waals surface area contributed by atoms with Crippen LogP contribution < -0.4 is 5.73 Å². The molecule has 1 aromatic heterocycles. The van der Waals surface area contributed by atoms with Gasteiger partial charge in [0.05, 0.1) is 0 Å². The van der Waals surface area contributed by atoms with E-state index in [1.807, 2.05) is 17.8 Å². The first kappa shape index (κ1) is 11.6. The third kappa shape index (κ3) is 3.03. The van der Waals surface area contributed by atoms with Crippen molar-refractivity contribution in [1.82, 2.24) is 0 Å². The molecule has 0 aliphatic carbocycles. The van der Waals surface area contributed by atoms with Crippen molar-refractivity contribution < 1.29 is 0 Å². The molecule has 0 radical (unpaired) electrons. The van der Waals surface area contributed by atoms with Crippen molar-refractivity contribution in [2.45, 2.75) is 18.2 Å². The molecule has 0 amide bonds. The Bertz CT molecular complexity index is 449. The molecule has 0 unspecified atom stereocenters. The van der Waals surface area contributed by atoms with Crippen LogP contribution in [0.25, 0.3) is 0 Å². The Morgan fingerprint density at radius 1 is 1.31 bits per heavy atom. The lowest BCUT2D eigenvalue weighted by atomic mass is 10.2. The van der Waals surface area contributed by atoms with E-state index in [9.17, 15) is 0 Å². The summed E-state index contributed by atoms with van der Waals surface area (Å²) in [6.45, 7) is 2.05. The van der Waals surface area contributed by atoms with Crippen LogP contribution in [0, 0.1) is 6.92 Å². The smallest absolute Gasteiger partial charge is 0.0344 e. The van der Waals surface area contributed by atoms with Gasteiger partial charge < -0.3 is 5.73 Å². The minimum Gasteiger partial charge on any atom is -0.399 e. The molecule has 0 saturated carbocycles. The van der Waals surface area contributed by atoms with Crippen LogP contribution in [0.4, 0.5) is 5.69 Å². The number of hydrogen-bond acceptors (Lipinski definition) is 3. The zero-order chi connectivity index (χ0) is 11.4. The van der Waals surface area contributed by atoms with Crippen LogP contribution in [-0.2, 0) is 6.42 Å². The van der Waals surface area contributed by atoms with E-state index in [2.05, 4.69) is 35.9 Å². The zero-order valence-electron chi connectivity index (χ0n) is 9.27. The summed E-state index contributed by atoms with van der Waals surface area (Å²) in [6, 6.07) is 8.44. The first-order chi connectivity index (χ1) is 7.75. The van der Waals surface area contributed by atoms with Gasteiger partial charge in [-0.1, -0.05) is 0 Å². The molecule has 0 saturated heterocycles. The second kappa shape index (κ2) is 5.41. The number of hydrogen-bond donors (Lipinski definition) is 1. The molecule has 2 N–H and O–H groups in total. The summed E-state index contributed by atoms with van der Waals surface area (Å²) >= 11 is 3.66. The van der Waals surface area contributed by atoms with Gasteiger partial charge in [0.15, 0.2) is 0 Å². The fourth-order valence-electron chi connectivity index (χ4n) is 1.46. The molecule has 2 rings (SSSR count). The molecule has 0 aliphatic rings. The van der Waals surface area contributed by atoms with E-state index in [0.717, 1.165) is 17.9 Å². The number of rotatable bonds is 4. The number of thioether (sulfide) groups is 1. The topological polar surface area (TPSA) is 26.0 Å². The van der Waals surface area contributed by atoms with Crippen molar-refractivity contribution in [2.75, 3.05) is 11.5 Å². The van der Waals surface area contributed by atoms with E-state index >= 15 is 0 Å². The van der Waals surface area contributed by atoms with Crippen LogP contribution in [0.5, 0.6) is 0 Å². The lowest BCUT2D eigenvalue weighted by molar-refractivity contribution is 1.17. The van der Waals surface area contributed by atoms with Crippen molar-refractivity contribution in [2.24, 2.45) is 0 Å². The number of nitrogens with two attached hydrogens (primary N) is 1. The zero-order valence-corrected chi connectivity index (χ0v) is 10.9. The molecule has 3 heteroatoms. The molecule has 0 spiro atoms. The summed E-state index contributed by atoms with van der Waals surface area (Å²) in [6.07, 6.45) is 1.14. The normalized spacial score (nSPS) is 10.6. The maximum Gasteiger partial charge on any atom is 0.0344 e. The lowest BCUT2D eigenvalue weighted by Gasteiger charge is -2.04. The predicted octanol–water partition coefficient (Wildman–Crippen LogP) is 3.97. The number of aryl methyl sites for hydroxylation is 2. The highest BCUT2D eigenvalue weighted by molar-refractivity contribution is 7.99. The molecule has 1 heterocycles. The Morgan fingerprint density at radius 3 is 2.88 bits per heavy atom. The highest BCUT2D eigenvalue weighted by Gasteiger charge is 1.98. The van der Waals surface area contributed by atoms with Gasteiger partial charge in [-0.05, 0) is 59.5 Å². The summed E-state index contributed by atoms with van der Waals surface area (Å²) in [5.41, 5.74) is 9.27. The number of anilines is 1. The van der Waals surface area contributed by atoms with Crippen molar-refractivity contribution in [1.29, 1.82) is 0 Å². The third-order valence-corrected chi connectivity index (χ3v) is 4.21. The molecule has 84 valence electrons. The lowest BCUT2D eigenvalue weighted by Crippen LogP contribution is -1.90. The van der Waals surface area contributed by atoms with Gasteiger partial charge in [-0.15, -0.1) is 11.8 Å². The molecule has 16 heavy (non-hydrogen) atoms. The molecule has 2 aromatic rings.